The number of fused-ring (bicyclic) bond motifs is 4. The SMILES string of the molecule is CC(=O)O/N=C(\CC1CCCC1)C(=O)c1ccc2sc3cc4c(cc3c2c1)CC/C(=N/OC(=O)c1cccs1)C4=O. The van der Waals surface area contributed by atoms with Crippen LogP contribution in [0.2, 0.25) is 0 Å². The van der Waals surface area contributed by atoms with Gasteiger partial charge in [0, 0.05) is 44.6 Å². The number of carbonyl (C=O) groups is 4. The second kappa shape index (κ2) is 11.5. The van der Waals surface area contributed by atoms with Crippen LogP contribution in [0.15, 0.2) is 58.2 Å². The molecule has 0 atom stereocenters. The quantitative estimate of drug-likeness (QED) is 0.0985. The minimum absolute atomic E-state index is 0.220. The van der Waals surface area contributed by atoms with Crippen LogP contribution in [0.4, 0.5) is 0 Å². The number of thiophene rings is 2. The van der Waals surface area contributed by atoms with E-state index < -0.39 is 11.9 Å². The topological polar surface area (TPSA) is 111 Å². The standard InChI is InChI=1S/C31H26N2O6S2/c1-17(34)38-33-25(13-18-5-2-3-6-18)29(35)20-9-11-26-22(15-20)23-14-19-8-10-24(30(36)21(19)16-28(23)41-26)32-39-31(37)27-7-4-12-40-27/h4,7,9,11-12,14-16,18H,2-3,5-6,8,10,13H2,1H3/b32-24-,33-25+. The van der Waals surface area contributed by atoms with E-state index in [1.165, 1.54) is 29.6 Å². The molecule has 0 radical (unpaired) electrons. The zero-order valence-corrected chi connectivity index (χ0v) is 23.9. The lowest BCUT2D eigenvalue weighted by Crippen LogP contribution is -2.23. The molecule has 2 aliphatic rings. The third-order valence-corrected chi connectivity index (χ3v) is 9.54. The summed E-state index contributed by atoms with van der Waals surface area (Å²) >= 11 is 2.79. The van der Waals surface area contributed by atoms with E-state index in [9.17, 15) is 19.2 Å². The van der Waals surface area contributed by atoms with E-state index in [0.29, 0.717) is 41.2 Å². The Hall–Kier alpha value is -4.02. The average Bonchev–Trinajstić information content (AvgIpc) is 3.75. The van der Waals surface area contributed by atoms with Gasteiger partial charge in [0.25, 0.3) is 0 Å². The van der Waals surface area contributed by atoms with Crippen molar-refractivity contribution in [3.8, 4) is 0 Å². The van der Waals surface area contributed by atoms with E-state index in [4.69, 9.17) is 9.68 Å². The van der Waals surface area contributed by atoms with E-state index >= 15 is 0 Å². The van der Waals surface area contributed by atoms with Gasteiger partial charge in [0.2, 0.25) is 11.6 Å². The van der Waals surface area contributed by atoms with E-state index in [2.05, 4.69) is 10.3 Å². The molecule has 4 aromatic rings. The minimum Gasteiger partial charge on any atom is -0.318 e. The van der Waals surface area contributed by atoms with Crippen LogP contribution in [0.1, 0.15) is 81.4 Å². The number of oxime groups is 2. The van der Waals surface area contributed by atoms with Crippen molar-refractivity contribution in [2.24, 2.45) is 16.2 Å². The first-order valence-corrected chi connectivity index (χ1v) is 15.2. The van der Waals surface area contributed by atoms with Crippen molar-refractivity contribution >= 4 is 77.8 Å². The molecule has 0 unspecified atom stereocenters. The molecule has 1 fully saturated rings. The van der Waals surface area contributed by atoms with Gasteiger partial charge in [-0.15, -0.1) is 22.7 Å². The van der Waals surface area contributed by atoms with Crippen LogP contribution in [0, 0.1) is 5.92 Å². The van der Waals surface area contributed by atoms with Crippen LogP contribution in [-0.4, -0.2) is 34.9 Å². The summed E-state index contributed by atoms with van der Waals surface area (Å²) in [4.78, 5) is 60.7. The second-order valence-corrected chi connectivity index (χ2v) is 12.4. The van der Waals surface area contributed by atoms with Crippen molar-refractivity contribution in [1.82, 2.24) is 0 Å². The molecular weight excluding hydrogens is 560 g/mol. The molecule has 41 heavy (non-hydrogen) atoms. The Morgan fingerprint density at radius 3 is 2.54 bits per heavy atom. The van der Waals surface area contributed by atoms with Gasteiger partial charge in [-0.05, 0) is 66.1 Å². The average molecular weight is 587 g/mol. The molecule has 0 saturated heterocycles. The maximum Gasteiger partial charge on any atom is 0.375 e. The van der Waals surface area contributed by atoms with Crippen molar-refractivity contribution in [3.63, 3.8) is 0 Å². The number of Topliss-reactive ketones (excluding diaryl/α,β-unsaturated/α-hetero) is 2. The summed E-state index contributed by atoms with van der Waals surface area (Å²) in [6.07, 6.45) is 5.75. The Morgan fingerprint density at radius 1 is 0.976 bits per heavy atom. The molecule has 8 nitrogen and oxygen atoms in total. The maximum atomic E-state index is 13.5. The van der Waals surface area contributed by atoms with Gasteiger partial charge < -0.3 is 9.68 Å². The summed E-state index contributed by atoms with van der Waals surface area (Å²) in [6, 6.07) is 12.8. The van der Waals surface area contributed by atoms with Crippen LogP contribution in [0.25, 0.3) is 20.2 Å². The molecule has 2 aromatic carbocycles. The van der Waals surface area contributed by atoms with Crippen LogP contribution >= 0.6 is 22.7 Å². The number of hydrogen-bond acceptors (Lipinski definition) is 10. The Balaban J connectivity index is 1.29. The van der Waals surface area contributed by atoms with Crippen molar-refractivity contribution in [1.29, 1.82) is 0 Å². The normalized spacial score (nSPS) is 16.9. The molecule has 0 aliphatic heterocycles. The fraction of sp³-hybridized carbons (Fsp3) is 0.290. The number of carbonyl (C=O) groups excluding carboxylic acids is 4. The lowest BCUT2D eigenvalue weighted by atomic mass is 9.88. The highest BCUT2D eigenvalue weighted by molar-refractivity contribution is 7.25. The molecule has 0 spiro atoms. The smallest absolute Gasteiger partial charge is 0.318 e. The number of hydrogen-bond donors (Lipinski definition) is 0. The summed E-state index contributed by atoms with van der Waals surface area (Å²) in [6.45, 7) is 1.27. The molecule has 1 saturated carbocycles. The number of ketones is 2. The predicted octanol–water partition coefficient (Wildman–Crippen LogP) is 7.14. The third-order valence-electron chi connectivity index (χ3n) is 7.56. The monoisotopic (exact) mass is 586 g/mol. The summed E-state index contributed by atoms with van der Waals surface area (Å²) in [7, 11) is 0. The highest BCUT2D eigenvalue weighted by atomic mass is 32.1. The van der Waals surface area contributed by atoms with E-state index in [0.717, 1.165) is 51.4 Å². The van der Waals surface area contributed by atoms with Gasteiger partial charge in [-0.1, -0.05) is 42.1 Å². The highest BCUT2D eigenvalue weighted by Crippen LogP contribution is 2.38. The molecule has 2 aromatic heterocycles. The molecule has 10 heteroatoms. The van der Waals surface area contributed by atoms with Crippen molar-refractivity contribution in [3.05, 3.63) is 69.4 Å². The van der Waals surface area contributed by atoms with Gasteiger partial charge in [0.1, 0.15) is 16.3 Å². The fourth-order valence-electron chi connectivity index (χ4n) is 5.52. The summed E-state index contributed by atoms with van der Waals surface area (Å²) in [5.74, 6) is -1.28. The maximum absolute atomic E-state index is 13.5. The largest absolute Gasteiger partial charge is 0.375 e. The lowest BCUT2D eigenvalue weighted by molar-refractivity contribution is -0.140. The molecule has 2 aliphatic carbocycles. The Kier molecular flexibility index (Phi) is 7.59. The van der Waals surface area contributed by atoms with E-state index in [1.54, 1.807) is 23.6 Å². The second-order valence-electron chi connectivity index (χ2n) is 10.3. The van der Waals surface area contributed by atoms with Gasteiger partial charge >= 0.3 is 11.9 Å². The predicted molar refractivity (Wildman–Crippen MR) is 159 cm³/mol. The first-order chi connectivity index (χ1) is 19.9. The van der Waals surface area contributed by atoms with E-state index in [1.807, 2.05) is 24.3 Å². The number of nitrogens with zero attached hydrogens (tertiary/aromatic N) is 2. The van der Waals surface area contributed by atoms with Gasteiger partial charge in [-0.25, -0.2) is 9.59 Å². The first kappa shape index (κ1) is 27.2. The minimum atomic E-state index is -0.583. The van der Waals surface area contributed by atoms with E-state index in [-0.39, 0.29) is 23.0 Å². The molecule has 0 amide bonds. The summed E-state index contributed by atoms with van der Waals surface area (Å²) in [5.41, 5.74) is 2.40. The van der Waals surface area contributed by atoms with Gasteiger partial charge in [-0.2, -0.15) is 0 Å². The summed E-state index contributed by atoms with van der Waals surface area (Å²) in [5, 5.41) is 11.5. The van der Waals surface area contributed by atoms with Crippen LogP contribution in [0.3, 0.4) is 0 Å². The summed E-state index contributed by atoms with van der Waals surface area (Å²) < 4.78 is 1.90. The molecule has 6 rings (SSSR count). The van der Waals surface area contributed by atoms with Crippen LogP contribution in [0.5, 0.6) is 0 Å². The highest BCUT2D eigenvalue weighted by Gasteiger charge is 2.27. The van der Waals surface area contributed by atoms with Crippen LogP contribution in [-0.2, 0) is 20.9 Å². The zero-order chi connectivity index (χ0) is 28.5. The number of benzene rings is 2. The molecule has 2 heterocycles. The number of aryl methyl sites for hydroxylation is 1. The molecule has 0 N–H and O–H groups in total. The molecular formula is C31H26N2O6S2. The Bertz CT molecular complexity index is 1760. The molecule has 208 valence electrons. The van der Waals surface area contributed by atoms with Crippen molar-refractivity contribution < 1.29 is 28.9 Å². The van der Waals surface area contributed by atoms with Crippen LogP contribution < -0.4 is 0 Å². The zero-order valence-electron chi connectivity index (χ0n) is 22.3. The molecule has 0 bridgehead atoms. The third kappa shape index (κ3) is 5.62. The fourth-order valence-corrected chi connectivity index (χ4v) is 7.22. The Labute approximate surface area is 243 Å². The lowest BCUT2D eigenvalue weighted by Gasteiger charge is -2.16. The van der Waals surface area contributed by atoms with Crippen molar-refractivity contribution in [2.75, 3.05) is 0 Å². The Morgan fingerprint density at radius 2 is 1.78 bits per heavy atom. The van der Waals surface area contributed by atoms with Gasteiger partial charge in [0.05, 0.1) is 0 Å². The van der Waals surface area contributed by atoms with Gasteiger partial charge in [-0.3, -0.25) is 9.59 Å². The first-order valence-electron chi connectivity index (χ1n) is 13.5. The van der Waals surface area contributed by atoms with Crippen molar-refractivity contribution in [2.45, 2.75) is 51.9 Å². The van der Waals surface area contributed by atoms with Gasteiger partial charge in [0.15, 0.2) is 0 Å². The number of rotatable bonds is 7.